The monoisotopic (exact) mass is 241 g/mol. The van der Waals surface area contributed by atoms with Crippen LogP contribution in [0.25, 0.3) is 11.1 Å². The van der Waals surface area contributed by atoms with Gasteiger partial charge >= 0.3 is 5.97 Å². The molecule has 92 valence electrons. The highest BCUT2D eigenvalue weighted by atomic mass is 16.4. The number of carboxylic acid groups (broad SMARTS) is 1. The van der Waals surface area contributed by atoms with Crippen molar-refractivity contribution in [3.8, 4) is 11.1 Å². The van der Waals surface area contributed by atoms with Crippen LogP contribution in [0.15, 0.2) is 42.6 Å². The van der Waals surface area contributed by atoms with Crippen molar-refractivity contribution < 1.29 is 9.90 Å². The maximum atomic E-state index is 11.0. The van der Waals surface area contributed by atoms with Crippen molar-refractivity contribution in [2.45, 2.75) is 19.4 Å². The number of aliphatic carboxylic acids is 1. The van der Waals surface area contributed by atoms with Gasteiger partial charge < -0.3 is 9.67 Å². The van der Waals surface area contributed by atoms with Gasteiger partial charge in [-0.1, -0.05) is 30.3 Å². The first-order valence-corrected chi connectivity index (χ1v) is 6.21. The lowest BCUT2D eigenvalue weighted by Crippen LogP contribution is -2.25. The summed E-state index contributed by atoms with van der Waals surface area (Å²) >= 11 is 0. The van der Waals surface area contributed by atoms with E-state index in [4.69, 9.17) is 5.11 Å². The van der Waals surface area contributed by atoms with Crippen LogP contribution in [0.3, 0.4) is 0 Å². The Morgan fingerprint density at radius 1 is 1.22 bits per heavy atom. The summed E-state index contributed by atoms with van der Waals surface area (Å²) in [6.07, 6.45) is 3.66. The van der Waals surface area contributed by atoms with E-state index in [0.717, 1.165) is 12.8 Å². The molecule has 0 saturated carbocycles. The molecular weight excluding hydrogens is 226 g/mol. The standard InChI is InChI=1S/C15H15NO2/c17-15(18)12-6-7-14-8-13(10-16(14)9-12)11-4-2-1-3-5-11/h1-5,8,10,12H,6-7,9H2,(H,17,18). The summed E-state index contributed by atoms with van der Waals surface area (Å²) < 4.78 is 2.09. The average molecular weight is 241 g/mol. The van der Waals surface area contributed by atoms with Crippen molar-refractivity contribution in [2.75, 3.05) is 0 Å². The van der Waals surface area contributed by atoms with Gasteiger partial charge in [0.15, 0.2) is 0 Å². The van der Waals surface area contributed by atoms with E-state index in [2.05, 4.69) is 29.0 Å². The van der Waals surface area contributed by atoms with Crippen LogP contribution in [0.5, 0.6) is 0 Å². The molecule has 1 unspecified atom stereocenters. The van der Waals surface area contributed by atoms with Crippen molar-refractivity contribution in [1.82, 2.24) is 4.57 Å². The van der Waals surface area contributed by atoms with Gasteiger partial charge in [-0.25, -0.2) is 0 Å². The maximum absolute atomic E-state index is 11.0. The zero-order chi connectivity index (χ0) is 12.5. The molecule has 0 saturated heterocycles. The second kappa shape index (κ2) is 4.33. The third kappa shape index (κ3) is 1.92. The van der Waals surface area contributed by atoms with Crippen LogP contribution in [0, 0.1) is 5.92 Å². The molecule has 1 aliphatic heterocycles. The predicted octanol–water partition coefficient (Wildman–Crippen LogP) is 2.80. The van der Waals surface area contributed by atoms with Crippen molar-refractivity contribution in [3.05, 3.63) is 48.3 Å². The third-order valence-electron chi connectivity index (χ3n) is 3.61. The van der Waals surface area contributed by atoms with Gasteiger partial charge in [-0.3, -0.25) is 4.79 Å². The Bertz CT molecular complexity index is 571. The first-order valence-electron chi connectivity index (χ1n) is 6.21. The minimum absolute atomic E-state index is 0.242. The Morgan fingerprint density at radius 3 is 2.72 bits per heavy atom. The largest absolute Gasteiger partial charge is 0.481 e. The fourth-order valence-electron chi connectivity index (χ4n) is 2.58. The van der Waals surface area contributed by atoms with Crippen molar-refractivity contribution in [2.24, 2.45) is 5.92 Å². The number of hydrogen-bond acceptors (Lipinski definition) is 1. The van der Waals surface area contributed by atoms with Crippen molar-refractivity contribution in [1.29, 1.82) is 0 Å². The molecule has 0 radical (unpaired) electrons. The quantitative estimate of drug-likeness (QED) is 0.878. The zero-order valence-corrected chi connectivity index (χ0v) is 10.0. The molecule has 0 fully saturated rings. The number of carbonyl (C=O) groups is 1. The van der Waals surface area contributed by atoms with Crippen LogP contribution in [0.1, 0.15) is 12.1 Å². The summed E-state index contributed by atoms with van der Waals surface area (Å²) in [5.41, 5.74) is 3.61. The van der Waals surface area contributed by atoms with Crippen LogP contribution >= 0.6 is 0 Å². The van der Waals surface area contributed by atoms with Crippen LogP contribution in [-0.4, -0.2) is 15.6 Å². The molecule has 1 aliphatic rings. The minimum atomic E-state index is -0.685. The van der Waals surface area contributed by atoms with E-state index < -0.39 is 5.97 Å². The Kier molecular flexibility index (Phi) is 2.67. The number of rotatable bonds is 2. The number of carboxylic acids is 1. The second-order valence-corrected chi connectivity index (χ2v) is 4.81. The molecule has 2 heterocycles. The van der Waals surface area contributed by atoms with Crippen LogP contribution in [-0.2, 0) is 17.8 Å². The van der Waals surface area contributed by atoms with Crippen molar-refractivity contribution in [3.63, 3.8) is 0 Å². The lowest BCUT2D eigenvalue weighted by atomic mass is 9.98. The highest BCUT2D eigenvalue weighted by Gasteiger charge is 2.24. The molecule has 3 rings (SSSR count). The van der Waals surface area contributed by atoms with Gasteiger partial charge in [-0.15, -0.1) is 0 Å². The van der Waals surface area contributed by atoms with Gasteiger partial charge in [0.05, 0.1) is 5.92 Å². The molecule has 1 aromatic heterocycles. The van der Waals surface area contributed by atoms with E-state index in [1.54, 1.807) is 0 Å². The first kappa shape index (κ1) is 11.1. The Morgan fingerprint density at radius 2 is 2.00 bits per heavy atom. The van der Waals surface area contributed by atoms with Gasteiger partial charge in [0.25, 0.3) is 0 Å². The Labute approximate surface area is 106 Å². The van der Waals surface area contributed by atoms with Crippen LogP contribution < -0.4 is 0 Å². The summed E-state index contributed by atoms with van der Waals surface area (Å²) in [7, 11) is 0. The highest BCUT2D eigenvalue weighted by Crippen LogP contribution is 2.27. The molecule has 0 amide bonds. The second-order valence-electron chi connectivity index (χ2n) is 4.81. The fourth-order valence-corrected chi connectivity index (χ4v) is 2.58. The topological polar surface area (TPSA) is 42.2 Å². The Balaban J connectivity index is 1.92. The molecule has 18 heavy (non-hydrogen) atoms. The van der Waals surface area contributed by atoms with E-state index >= 15 is 0 Å². The number of fused-ring (bicyclic) bond motifs is 1. The van der Waals surface area contributed by atoms with E-state index in [9.17, 15) is 4.79 Å². The molecule has 0 spiro atoms. The summed E-state index contributed by atoms with van der Waals surface area (Å²) in [5.74, 6) is -0.927. The fraction of sp³-hybridized carbons (Fsp3) is 0.267. The smallest absolute Gasteiger partial charge is 0.308 e. The summed E-state index contributed by atoms with van der Waals surface area (Å²) in [5, 5.41) is 9.07. The molecule has 1 aromatic carbocycles. The lowest BCUT2D eigenvalue weighted by Gasteiger charge is -2.21. The number of nitrogens with zero attached hydrogens (tertiary/aromatic N) is 1. The normalized spacial score (nSPS) is 18.3. The molecule has 0 aliphatic carbocycles. The van der Waals surface area contributed by atoms with E-state index in [1.165, 1.54) is 16.8 Å². The van der Waals surface area contributed by atoms with Crippen molar-refractivity contribution >= 4 is 5.97 Å². The van der Waals surface area contributed by atoms with Gasteiger partial charge in [0.2, 0.25) is 0 Å². The summed E-state index contributed by atoms with van der Waals surface area (Å²) in [4.78, 5) is 11.0. The van der Waals surface area contributed by atoms with Crippen LogP contribution in [0.2, 0.25) is 0 Å². The number of benzene rings is 1. The molecule has 3 nitrogen and oxygen atoms in total. The zero-order valence-electron chi connectivity index (χ0n) is 10.0. The molecular formula is C15H15NO2. The van der Waals surface area contributed by atoms with Gasteiger partial charge in [0.1, 0.15) is 0 Å². The first-order chi connectivity index (χ1) is 8.74. The molecule has 0 bridgehead atoms. The predicted molar refractivity (Wildman–Crippen MR) is 69.3 cm³/mol. The summed E-state index contributed by atoms with van der Waals surface area (Å²) in [6.45, 7) is 0.595. The SMILES string of the molecule is O=C(O)C1CCc2cc(-c3ccccc3)cn2C1. The Hall–Kier alpha value is -2.03. The highest BCUT2D eigenvalue weighted by molar-refractivity contribution is 5.70. The van der Waals surface area contributed by atoms with E-state index in [-0.39, 0.29) is 5.92 Å². The number of aromatic nitrogens is 1. The molecule has 1 N–H and O–H groups in total. The van der Waals surface area contributed by atoms with Gasteiger partial charge in [0, 0.05) is 18.4 Å². The van der Waals surface area contributed by atoms with Crippen LogP contribution in [0.4, 0.5) is 0 Å². The number of aryl methyl sites for hydroxylation is 1. The van der Waals surface area contributed by atoms with E-state index in [1.807, 2.05) is 18.2 Å². The third-order valence-corrected chi connectivity index (χ3v) is 3.61. The number of hydrogen-bond donors (Lipinski definition) is 1. The maximum Gasteiger partial charge on any atom is 0.308 e. The van der Waals surface area contributed by atoms with Gasteiger partial charge in [-0.05, 0) is 30.0 Å². The molecule has 3 heteroatoms. The molecule has 1 atom stereocenters. The lowest BCUT2D eigenvalue weighted by molar-refractivity contribution is -0.142. The van der Waals surface area contributed by atoms with E-state index in [0.29, 0.717) is 6.54 Å². The minimum Gasteiger partial charge on any atom is -0.481 e. The van der Waals surface area contributed by atoms with Gasteiger partial charge in [-0.2, -0.15) is 0 Å². The molecule has 2 aromatic rings. The average Bonchev–Trinajstić information content (AvgIpc) is 2.82. The summed E-state index contributed by atoms with van der Waals surface area (Å²) in [6, 6.07) is 12.4.